The van der Waals surface area contributed by atoms with Crippen LogP contribution >= 0.6 is 0 Å². The summed E-state index contributed by atoms with van der Waals surface area (Å²) in [5.74, 6) is -0.0390. The SMILES string of the molecule is CC(=O)NCc1cccc(NCCC#N)c1. The minimum Gasteiger partial charge on any atom is -0.384 e. The number of hydrogen-bond donors (Lipinski definition) is 2. The molecule has 16 heavy (non-hydrogen) atoms. The van der Waals surface area contributed by atoms with E-state index in [2.05, 4.69) is 16.7 Å². The molecule has 0 bridgehead atoms. The van der Waals surface area contributed by atoms with Crippen LogP contribution in [0.15, 0.2) is 24.3 Å². The number of nitrogens with one attached hydrogen (secondary N) is 2. The minimum atomic E-state index is -0.0390. The van der Waals surface area contributed by atoms with Gasteiger partial charge in [-0.05, 0) is 17.7 Å². The van der Waals surface area contributed by atoms with Crippen LogP contribution in [-0.2, 0) is 11.3 Å². The first-order valence-electron chi connectivity index (χ1n) is 5.16. The summed E-state index contributed by atoms with van der Waals surface area (Å²) < 4.78 is 0. The second-order valence-corrected chi connectivity index (χ2v) is 3.45. The summed E-state index contributed by atoms with van der Waals surface area (Å²) in [7, 11) is 0. The predicted octanol–water partition coefficient (Wildman–Crippen LogP) is 1.65. The standard InChI is InChI=1S/C12H15N3O/c1-10(16)15-9-11-4-2-5-12(8-11)14-7-3-6-13/h2,4-5,8,14H,3,7,9H2,1H3,(H,15,16). The highest BCUT2D eigenvalue weighted by molar-refractivity contribution is 5.72. The van der Waals surface area contributed by atoms with Gasteiger partial charge in [0.05, 0.1) is 12.5 Å². The van der Waals surface area contributed by atoms with Crippen LogP contribution in [0.4, 0.5) is 5.69 Å². The average Bonchev–Trinajstić information content (AvgIpc) is 2.27. The van der Waals surface area contributed by atoms with Crippen molar-refractivity contribution in [2.75, 3.05) is 11.9 Å². The second kappa shape index (κ2) is 6.46. The van der Waals surface area contributed by atoms with Crippen LogP contribution in [0.1, 0.15) is 18.9 Å². The van der Waals surface area contributed by atoms with E-state index < -0.39 is 0 Å². The summed E-state index contributed by atoms with van der Waals surface area (Å²) in [5, 5.41) is 14.3. The maximum atomic E-state index is 10.8. The van der Waals surface area contributed by atoms with Gasteiger partial charge in [0.2, 0.25) is 5.91 Å². The van der Waals surface area contributed by atoms with Gasteiger partial charge in [0.25, 0.3) is 0 Å². The van der Waals surface area contributed by atoms with E-state index in [4.69, 9.17) is 5.26 Å². The molecule has 0 unspecified atom stereocenters. The molecule has 2 N–H and O–H groups in total. The molecule has 0 aromatic heterocycles. The van der Waals surface area contributed by atoms with Crippen LogP contribution in [0.3, 0.4) is 0 Å². The van der Waals surface area contributed by atoms with E-state index in [9.17, 15) is 4.79 Å². The van der Waals surface area contributed by atoms with Crippen molar-refractivity contribution in [3.05, 3.63) is 29.8 Å². The van der Waals surface area contributed by atoms with E-state index in [1.807, 2.05) is 24.3 Å². The molecule has 0 saturated carbocycles. The molecule has 0 aliphatic carbocycles. The highest BCUT2D eigenvalue weighted by Gasteiger charge is 1.96. The molecule has 0 aliphatic rings. The van der Waals surface area contributed by atoms with Gasteiger partial charge in [0.1, 0.15) is 0 Å². The van der Waals surface area contributed by atoms with Gasteiger partial charge in [-0.25, -0.2) is 0 Å². The zero-order chi connectivity index (χ0) is 11.8. The van der Waals surface area contributed by atoms with Crippen LogP contribution in [-0.4, -0.2) is 12.5 Å². The number of nitriles is 1. The Morgan fingerprint density at radius 1 is 1.50 bits per heavy atom. The number of hydrogen-bond acceptors (Lipinski definition) is 3. The van der Waals surface area contributed by atoms with E-state index in [-0.39, 0.29) is 5.91 Å². The lowest BCUT2D eigenvalue weighted by Gasteiger charge is -2.07. The van der Waals surface area contributed by atoms with E-state index in [0.29, 0.717) is 19.5 Å². The van der Waals surface area contributed by atoms with Gasteiger partial charge in [0.15, 0.2) is 0 Å². The van der Waals surface area contributed by atoms with Crippen LogP contribution < -0.4 is 10.6 Å². The number of nitrogens with zero attached hydrogens (tertiary/aromatic N) is 1. The lowest BCUT2D eigenvalue weighted by atomic mass is 10.2. The third-order valence-corrected chi connectivity index (χ3v) is 2.03. The maximum absolute atomic E-state index is 10.8. The number of anilines is 1. The van der Waals surface area contributed by atoms with E-state index in [0.717, 1.165) is 11.3 Å². The van der Waals surface area contributed by atoms with Crippen molar-refractivity contribution in [2.24, 2.45) is 0 Å². The molecule has 0 spiro atoms. The molecule has 1 amide bonds. The van der Waals surface area contributed by atoms with Crippen molar-refractivity contribution in [3.63, 3.8) is 0 Å². The molecule has 4 nitrogen and oxygen atoms in total. The van der Waals surface area contributed by atoms with Crippen molar-refractivity contribution < 1.29 is 4.79 Å². The molecular formula is C12H15N3O. The Bertz CT molecular complexity index is 395. The van der Waals surface area contributed by atoms with Crippen molar-refractivity contribution in [3.8, 4) is 6.07 Å². The van der Waals surface area contributed by atoms with Gasteiger partial charge >= 0.3 is 0 Å². The molecule has 84 valence electrons. The lowest BCUT2D eigenvalue weighted by molar-refractivity contribution is -0.119. The van der Waals surface area contributed by atoms with E-state index >= 15 is 0 Å². The highest BCUT2D eigenvalue weighted by Crippen LogP contribution is 2.10. The van der Waals surface area contributed by atoms with E-state index in [1.54, 1.807) is 0 Å². The highest BCUT2D eigenvalue weighted by atomic mass is 16.1. The Morgan fingerprint density at radius 3 is 3.00 bits per heavy atom. The lowest BCUT2D eigenvalue weighted by Crippen LogP contribution is -2.18. The summed E-state index contributed by atoms with van der Waals surface area (Å²) in [6, 6.07) is 9.85. The minimum absolute atomic E-state index is 0.0390. The second-order valence-electron chi connectivity index (χ2n) is 3.45. The van der Waals surface area contributed by atoms with Gasteiger partial charge in [-0.15, -0.1) is 0 Å². The Hall–Kier alpha value is -2.02. The van der Waals surface area contributed by atoms with Crippen molar-refractivity contribution in [1.82, 2.24) is 5.32 Å². The monoisotopic (exact) mass is 217 g/mol. The average molecular weight is 217 g/mol. The van der Waals surface area contributed by atoms with Gasteiger partial charge in [-0.2, -0.15) is 5.26 Å². The normalized spacial score (nSPS) is 9.25. The van der Waals surface area contributed by atoms with Crippen LogP contribution in [0, 0.1) is 11.3 Å². The molecule has 0 heterocycles. The van der Waals surface area contributed by atoms with Gasteiger partial charge in [0, 0.05) is 25.7 Å². The molecule has 1 aromatic carbocycles. The van der Waals surface area contributed by atoms with Crippen LogP contribution in [0.2, 0.25) is 0 Å². The smallest absolute Gasteiger partial charge is 0.217 e. The predicted molar refractivity (Wildman–Crippen MR) is 62.7 cm³/mol. The molecule has 0 fully saturated rings. The molecule has 1 rings (SSSR count). The summed E-state index contributed by atoms with van der Waals surface area (Å²) >= 11 is 0. The van der Waals surface area contributed by atoms with Gasteiger partial charge in [-0.1, -0.05) is 12.1 Å². The Kier molecular flexibility index (Phi) is 4.87. The number of carbonyl (C=O) groups excluding carboxylic acids is 1. The summed E-state index contributed by atoms with van der Waals surface area (Å²) in [6.45, 7) is 2.66. The quantitative estimate of drug-likeness (QED) is 0.737. The molecule has 0 radical (unpaired) electrons. The largest absolute Gasteiger partial charge is 0.384 e. The van der Waals surface area contributed by atoms with Gasteiger partial charge in [-0.3, -0.25) is 4.79 Å². The molecular weight excluding hydrogens is 202 g/mol. The summed E-state index contributed by atoms with van der Waals surface area (Å²) in [6.07, 6.45) is 0.482. The fraction of sp³-hybridized carbons (Fsp3) is 0.333. The zero-order valence-corrected chi connectivity index (χ0v) is 9.29. The van der Waals surface area contributed by atoms with Crippen molar-refractivity contribution in [1.29, 1.82) is 5.26 Å². The first-order chi connectivity index (χ1) is 7.72. The van der Waals surface area contributed by atoms with Crippen molar-refractivity contribution in [2.45, 2.75) is 19.9 Å². The van der Waals surface area contributed by atoms with E-state index in [1.165, 1.54) is 6.92 Å². The zero-order valence-electron chi connectivity index (χ0n) is 9.29. The molecule has 0 aliphatic heterocycles. The molecule has 0 saturated heterocycles. The Balaban J connectivity index is 2.50. The number of amides is 1. The van der Waals surface area contributed by atoms with Gasteiger partial charge < -0.3 is 10.6 Å². The molecule has 1 aromatic rings. The first-order valence-corrected chi connectivity index (χ1v) is 5.16. The first kappa shape index (κ1) is 12.1. The summed E-state index contributed by atoms with van der Waals surface area (Å²) in [4.78, 5) is 10.8. The topological polar surface area (TPSA) is 64.9 Å². The Morgan fingerprint density at radius 2 is 2.31 bits per heavy atom. The molecule has 0 atom stereocenters. The number of carbonyl (C=O) groups is 1. The fourth-order valence-corrected chi connectivity index (χ4v) is 1.28. The van der Waals surface area contributed by atoms with Crippen molar-refractivity contribution >= 4 is 11.6 Å². The third kappa shape index (κ3) is 4.47. The number of rotatable bonds is 5. The third-order valence-electron chi connectivity index (χ3n) is 2.03. The maximum Gasteiger partial charge on any atom is 0.217 e. The number of benzene rings is 1. The van der Waals surface area contributed by atoms with Crippen LogP contribution in [0.25, 0.3) is 0 Å². The molecule has 4 heteroatoms. The summed E-state index contributed by atoms with van der Waals surface area (Å²) in [5.41, 5.74) is 2.01. The van der Waals surface area contributed by atoms with Crippen LogP contribution in [0.5, 0.6) is 0 Å². The fourth-order valence-electron chi connectivity index (χ4n) is 1.28. The Labute approximate surface area is 95.3 Å².